The van der Waals surface area contributed by atoms with Gasteiger partial charge in [-0.15, -0.1) is 0 Å². The Morgan fingerprint density at radius 2 is 2.19 bits per heavy atom. The Morgan fingerprint density at radius 1 is 1.44 bits per heavy atom. The highest BCUT2D eigenvalue weighted by Crippen LogP contribution is 2.35. The van der Waals surface area contributed by atoms with E-state index < -0.39 is 0 Å². The molecule has 3 heteroatoms. The van der Waals surface area contributed by atoms with Crippen LogP contribution in [0.2, 0.25) is 0 Å². The summed E-state index contributed by atoms with van der Waals surface area (Å²) in [6, 6.07) is 2.81. The number of nitriles is 1. The minimum Gasteiger partial charge on any atom is -0.378 e. The Hall–Kier alpha value is -0.590. The molecule has 0 aromatic carbocycles. The van der Waals surface area contributed by atoms with Crippen LogP contribution in [-0.2, 0) is 4.74 Å². The third kappa shape index (κ3) is 2.96. The molecular weight excluding hydrogens is 200 g/mol. The Labute approximate surface area is 98.2 Å². The third-order valence-corrected chi connectivity index (χ3v) is 3.51. The van der Waals surface area contributed by atoms with E-state index in [0.717, 1.165) is 31.8 Å². The minimum absolute atomic E-state index is 0.298. The first-order valence-electron chi connectivity index (χ1n) is 6.44. The molecule has 0 radical (unpaired) electrons. The van der Waals surface area contributed by atoms with Gasteiger partial charge < -0.3 is 4.74 Å². The monoisotopic (exact) mass is 222 g/mol. The van der Waals surface area contributed by atoms with Gasteiger partial charge in [0.2, 0.25) is 0 Å². The summed E-state index contributed by atoms with van der Waals surface area (Å²) in [5.41, 5.74) is -0.331. The van der Waals surface area contributed by atoms with Crippen LogP contribution < -0.4 is 5.32 Å². The fourth-order valence-corrected chi connectivity index (χ4v) is 2.52. The molecule has 3 nitrogen and oxygen atoms in total. The third-order valence-electron chi connectivity index (χ3n) is 3.51. The molecule has 16 heavy (non-hydrogen) atoms. The van der Waals surface area contributed by atoms with Crippen LogP contribution >= 0.6 is 0 Å². The van der Waals surface area contributed by atoms with Gasteiger partial charge in [-0.05, 0) is 45.4 Å². The van der Waals surface area contributed by atoms with Gasteiger partial charge in [0, 0.05) is 19.1 Å². The fourth-order valence-electron chi connectivity index (χ4n) is 2.52. The van der Waals surface area contributed by atoms with E-state index in [1.54, 1.807) is 0 Å². The maximum Gasteiger partial charge on any atom is 0.109 e. The lowest BCUT2D eigenvalue weighted by atomic mass is 9.98. The van der Waals surface area contributed by atoms with E-state index in [-0.39, 0.29) is 5.54 Å². The molecule has 0 spiro atoms. The van der Waals surface area contributed by atoms with Gasteiger partial charge in [-0.1, -0.05) is 0 Å². The number of hydrogen-bond donors (Lipinski definition) is 1. The van der Waals surface area contributed by atoms with Gasteiger partial charge >= 0.3 is 0 Å². The summed E-state index contributed by atoms with van der Waals surface area (Å²) in [6.07, 6.45) is 5.78. The predicted octanol–water partition coefficient (Wildman–Crippen LogP) is 2.23. The van der Waals surface area contributed by atoms with Crippen LogP contribution in [0.1, 0.15) is 46.0 Å². The van der Waals surface area contributed by atoms with Gasteiger partial charge in [-0.25, -0.2) is 0 Å². The molecule has 2 aliphatic rings. The van der Waals surface area contributed by atoms with E-state index in [0.29, 0.717) is 12.1 Å². The molecule has 1 N–H and O–H groups in total. The number of rotatable bonds is 5. The number of hydrogen-bond acceptors (Lipinski definition) is 3. The van der Waals surface area contributed by atoms with Gasteiger partial charge in [0.15, 0.2) is 0 Å². The SMILES string of the molecule is CC(C)NC1(C#N)CCC(OCC2CC2)C1. The molecule has 2 fully saturated rings. The number of ether oxygens (including phenoxy) is 1. The second-order valence-electron chi connectivity index (χ2n) is 5.63. The Morgan fingerprint density at radius 3 is 2.75 bits per heavy atom. The largest absolute Gasteiger partial charge is 0.378 e. The van der Waals surface area contributed by atoms with Crippen LogP contribution in [0.15, 0.2) is 0 Å². The van der Waals surface area contributed by atoms with Crippen LogP contribution in [0.4, 0.5) is 0 Å². The van der Waals surface area contributed by atoms with Gasteiger partial charge in [0.25, 0.3) is 0 Å². The first-order valence-corrected chi connectivity index (χ1v) is 6.44. The molecular formula is C13H22N2O. The van der Waals surface area contributed by atoms with Gasteiger partial charge in [-0.2, -0.15) is 5.26 Å². The summed E-state index contributed by atoms with van der Waals surface area (Å²) in [7, 11) is 0. The van der Waals surface area contributed by atoms with Crippen molar-refractivity contribution in [3.63, 3.8) is 0 Å². The molecule has 2 rings (SSSR count). The zero-order chi connectivity index (χ0) is 11.6. The Balaban J connectivity index is 1.81. The quantitative estimate of drug-likeness (QED) is 0.775. The molecule has 2 saturated carbocycles. The summed E-state index contributed by atoms with van der Waals surface area (Å²) in [4.78, 5) is 0. The van der Waals surface area contributed by atoms with Crippen LogP contribution in [0.25, 0.3) is 0 Å². The molecule has 2 unspecified atom stereocenters. The van der Waals surface area contributed by atoms with E-state index in [4.69, 9.17) is 4.74 Å². The van der Waals surface area contributed by atoms with Crippen molar-refractivity contribution in [2.45, 2.75) is 63.6 Å². The summed E-state index contributed by atoms with van der Waals surface area (Å²) in [6.45, 7) is 5.10. The summed E-state index contributed by atoms with van der Waals surface area (Å²) >= 11 is 0. The van der Waals surface area contributed by atoms with Crippen LogP contribution in [-0.4, -0.2) is 24.3 Å². The van der Waals surface area contributed by atoms with Crippen LogP contribution in [0.3, 0.4) is 0 Å². The minimum atomic E-state index is -0.331. The number of nitrogens with zero attached hydrogens (tertiary/aromatic N) is 1. The Kier molecular flexibility index (Phi) is 3.51. The smallest absolute Gasteiger partial charge is 0.109 e. The normalized spacial score (nSPS) is 34.2. The van der Waals surface area contributed by atoms with Crippen molar-refractivity contribution in [3.8, 4) is 6.07 Å². The maximum atomic E-state index is 9.30. The first kappa shape index (κ1) is 11.9. The van der Waals surface area contributed by atoms with Crippen molar-refractivity contribution in [2.24, 2.45) is 5.92 Å². The van der Waals surface area contributed by atoms with Crippen molar-refractivity contribution in [1.29, 1.82) is 5.26 Å². The van der Waals surface area contributed by atoms with Crippen molar-refractivity contribution in [1.82, 2.24) is 5.32 Å². The molecule has 0 amide bonds. The van der Waals surface area contributed by atoms with E-state index >= 15 is 0 Å². The zero-order valence-corrected chi connectivity index (χ0v) is 10.3. The van der Waals surface area contributed by atoms with E-state index in [2.05, 4.69) is 25.2 Å². The molecule has 2 atom stereocenters. The summed E-state index contributed by atoms with van der Waals surface area (Å²) < 4.78 is 5.87. The summed E-state index contributed by atoms with van der Waals surface area (Å²) in [5, 5.41) is 12.7. The Bertz CT molecular complexity index is 280. The van der Waals surface area contributed by atoms with Crippen LogP contribution in [0.5, 0.6) is 0 Å². The average molecular weight is 222 g/mol. The van der Waals surface area contributed by atoms with E-state index in [9.17, 15) is 5.26 Å². The highest BCUT2D eigenvalue weighted by atomic mass is 16.5. The zero-order valence-electron chi connectivity index (χ0n) is 10.3. The molecule has 0 heterocycles. The van der Waals surface area contributed by atoms with Crippen molar-refractivity contribution in [3.05, 3.63) is 0 Å². The number of nitrogens with one attached hydrogen (secondary N) is 1. The van der Waals surface area contributed by atoms with E-state index in [1.807, 2.05) is 0 Å². The highest BCUT2D eigenvalue weighted by molar-refractivity contribution is 5.12. The van der Waals surface area contributed by atoms with Gasteiger partial charge in [0.05, 0.1) is 12.2 Å². The van der Waals surface area contributed by atoms with Crippen LogP contribution in [0, 0.1) is 17.2 Å². The van der Waals surface area contributed by atoms with Gasteiger partial charge in [-0.3, -0.25) is 5.32 Å². The predicted molar refractivity (Wildman–Crippen MR) is 62.9 cm³/mol. The van der Waals surface area contributed by atoms with Crippen molar-refractivity contribution in [2.75, 3.05) is 6.61 Å². The second-order valence-corrected chi connectivity index (χ2v) is 5.63. The molecule has 0 aromatic rings. The molecule has 90 valence electrons. The lowest BCUT2D eigenvalue weighted by molar-refractivity contribution is 0.0471. The molecule has 0 aromatic heterocycles. The molecule has 0 bridgehead atoms. The topological polar surface area (TPSA) is 45.0 Å². The van der Waals surface area contributed by atoms with E-state index in [1.165, 1.54) is 12.8 Å². The lowest BCUT2D eigenvalue weighted by Gasteiger charge is -2.25. The van der Waals surface area contributed by atoms with Crippen molar-refractivity contribution >= 4 is 0 Å². The van der Waals surface area contributed by atoms with Crippen molar-refractivity contribution < 1.29 is 4.74 Å². The standard InChI is InChI=1S/C13H22N2O/c1-10(2)15-13(9-14)6-5-12(7-13)16-8-11-3-4-11/h10-12,15H,3-8H2,1-2H3. The lowest BCUT2D eigenvalue weighted by Crippen LogP contribution is -2.45. The second kappa shape index (κ2) is 4.73. The first-order chi connectivity index (χ1) is 7.63. The summed E-state index contributed by atoms with van der Waals surface area (Å²) in [5.74, 6) is 0.815. The molecule has 0 saturated heterocycles. The van der Waals surface area contributed by atoms with Gasteiger partial charge in [0.1, 0.15) is 5.54 Å². The molecule has 2 aliphatic carbocycles. The average Bonchev–Trinajstić information content (AvgIpc) is 2.98. The highest BCUT2D eigenvalue weighted by Gasteiger charge is 2.40. The molecule has 0 aliphatic heterocycles. The fraction of sp³-hybridized carbons (Fsp3) is 0.923. The maximum absolute atomic E-state index is 9.30.